The summed E-state index contributed by atoms with van der Waals surface area (Å²) in [5.41, 5.74) is 1.16. The minimum atomic E-state index is 0.230. The molecule has 0 N–H and O–H groups in total. The molecule has 0 saturated heterocycles. The molecule has 0 radical (unpaired) electrons. The summed E-state index contributed by atoms with van der Waals surface area (Å²) < 4.78 is 5.46. The highest BCUT2D eigenvalue weighted by atomic mass is 16.5. The average molecular weight is 204 g/mol. The Morgan fingerprint density at radius 1 is 1.47 bits per heavy atom. The molecule has 0 unspecified atom stereocenters. The number of Topliss-reactive ketones (excluding diaryl/α,β-unsaturated/α-hetero) is 1. The van der Waals surface area contributed by atoms with Gasteiger partial charge in [0.05, 0.1) is 0 Å². The second kappa shape index (κ2) is 4.47. The molecular formula is C13H16O2. The van der Waals surface area contributed by atoms with E-state index in [2.05, 4.69) is 0 Å². The maximum atomic E-state index is 11.6. The molecule has 2 heteroatoms. The van der Waals surface area contributed by atoms with E-state index in [4.69, 9.17) is 4.74 Å². The van der Waals surface area contributed by atoms with Crippen molar-refractivity contribution in [3.05, 3.63) is 29.8 Å². The third kappa shape index (κ3) is 2.58. The van der Waals surface area contributed by atoms with Gasteiger partial charge in [0.25, 0.3) is 0 Å². The third-order valence-electron chi connectivity index (χ3n) is 2.93. The van der Waals surface area contributed by atoms with E-state index >= 15 is 0 Å². The highest BCUT2D eigenvalue weighted by Gasteiger charge is 2.25. The van der Waals surface area contributed by atoms with Gasteiger partial charge in [0, 0.05) is 5.92 Å². The van der Waals surface area contributed by atoms with Crippen molar-refractivity contribution in [3.63, 3.8) is 0 Å². The van der Waals surface area contributed by atoms with E-state index in [1.165, 1.54) is 6.42 Å². The first-order valence-electron chi connectivity index (χ1n) is 5.48. The molecule has 1 saturated carbocycles. The highest BCUT2D eigenvalue weighted by molar-refractivity contribution is 5.83. The number of rotatable bonds is 4. The van der Waals surface area contributed by atoms with Crippen LogP contribution in [0.2, 0.25) is 0 Å². The van der Waals surface area contributed by atoms with Gasteiger partial charge in [-0.25, -0.2) is 0 Å². The van der Waals surface area contributed by atoms with Gasteiger partial charge in [-0.05, 0) is 37.5 Å². The van der Waals surface area contributed by atoms with Crippen LogP contribution in [0.5, 0.6) is 5.75 Å². The Kier molecular flexibility index (Phi) is 3.05. The standard InChI is InChI=1S/C13H16O2/c1-10-4-2-7-12(8-10)15-9-13(14)11-5-3-6-11/h2,4,7-8,11H,3,5-6,9H2,1H3. The molecule has 0 amide bonds. The Bertz CT molecular complexity index is 353. The van der Waals surface area contributed by atoms with Crippen LogP contribution in [-0.2, 0) is 4.79 Å². The zero-order chi connectivity index (χ0) is 10.7. The van der Waals surface area contributed by atoms with Crippen molar-refractivity contribution in [2.24, 2.45) is 5.92 Å². The molecule has 1 aromatic carbocycles. The lowest BCUT2D eigenvalue weighted by atomic mass is 9.82. The van der Waals surface area contributed by atoms with Gasteiger partial charge >= 0.3 is 0 Å². The summed E-state index contributed by atoms with van der Waals surface area (Å²) in [6.45, 7) is 2.24. The Hall–Kier alpha value is -1.31. The maximum Gasteiger partial charge on any atom is 0.173 e. The predicted molar refractivity (Wildman–Crippen MR) is 59.0 cm³/mol. The molecule has 0 heterocycles. The zero-order valence-corrected chi connectivity index (χ0v) is 9.03. The van der Waals surface area contributed by atoms with Crippen molar-refractivity contribution in [1.29, 1.82) is 0 Å². The van der Waals surface area contributed by atoms with Crippen LogP contribution in [0.1, 0.15) is 24.8 Å². The molecule has 0 spiro atoms. The van der Waals surface area contributed by atoms with E-state index in [0.717, 1.165) is 24.2 Å². The molecule has 2 nitrogen and oxygen atoms in total. The van der Waals surface area contributed by atoms with Gasteiger partial charge in [-0.3, -0.25) is 4.79 Å². The van der Waals surface area contributed by atoms with E-state index in [1.807, 2.05) is 31.2 Å². The SMILES string of the molecule is Cc1cccc(OCC(=O)C2CCC2)c1. The number of benzene rings is 1. The molecule has 0 bridgehead atoms. The molecular weight excluding hydrogens is 188 g/mol. The lowest BCUT2D eigenvalue weighted by Gasteiger charge is -2.23. The minimum absolute atomic E-state index is 0.230. The first kappa shape index (κ1) is 10.2. The summed E-state index contributed by atoms with van der Waals surface area (Å²) in [5.74, 6) is 1.32. The van der Waals surface area contributed by atoms with E-state index in [9.17, 15) is 4.79 Å². The van der Waals surface area contributed by atoms with Gasteiger partial charge in [0.2, 0.25) is 0 Å². The van der Waals surface area contributed by atoms with Crippen LogP contribution < -0.4 is 4.74 Å². The van der Waals surface area contributed by atoms with Crippen LogP contribution in [0.3, 0.4) is 0 Å². The molecule has 0 aromatic heterocycles. The summed E-state index contributed by atoms with van der Waals surface area (Å²) in [6.07, 6.45) is 3.30. The zero-order valence-electron chi connectivity index (χ0n) is 9.03. The number of carbonyl (C=O) groups is 1. The molecule has 15 heavy (non-hydrogen) atoms. The van der Waals surface area contributed by atoms with Crippen LogP contribution in [0.4, 0.5) is 0 Å². The Balaban J connectivity index is 1.84. The van der Waals surface area contributed by atoms with Crippen molar-refractivity contribution in [1.82, 2.24) is 0 Å². The summed E-state index contributed by atoms with van der Waals surface area (Å²) >= 11 is 0. The molecule has 1 aliphatic carbocycles. The summed E-state index contributed by atoms with van der Waals surface area (Å²) in [5, 5.41) is 0. The quantitative estimate of drug-likeness (QED) is 0.753. The van der Waals surface area contributed by atoms with Crippen molar-refractivity contribution >= 4 is 5.78 Å². The monoisotopic (exact) mass is 204 g/mol. The van der Waals surface area contributed by atoms with Crippen molar-refractivity contribution in [2.45, 2.75) is 26.2 Å². The van der Waals surface area contributed by atoms with E-state index in [-0.39, 0.29) is 18.3 Å². The van der Waals surface area contributed by atoms with Crippen LogP contribution >= 0.6 is 0 Å². The van der Waals surface area contributed by atoms with Crippen LogP contribution in [0, 0.1) is 12.8 Å². The Morgan fingerprint density at radius 2 is 2.27 bits per heavy atom. The summed E-state index contributed by atoms with van der Waals surface area (Å²) in [4.78, 5) is 11.6. The second-order valence-corrected chi connectivity index (χ2v) is 4.20. The van der Waals surface area contributed by atoms with Gasteiger partial charge in [0.15, 0.2) is 5.78 Å². The number of hydrogen-bond acceptors (Lipinski definition) is 2. The lowest BCUT2D eigenvalue weighted by Crippen LogP contribution is -2.26. The fourth-order valence-corrected chi connectivity index (χ4v) is 1.71. The third-order valence-corrected chi connectivity index (χ3v) is 2.93. The van der Waals surface area contributed by atoms with Gasteiger partial charge in [-0.15, -0.1) is 0 Å². The first-order valence-corrected chi connectivity index (χ1v) is 5.48. The van der Waals surface area contributed by atoms with Gasteiger partial charge in [-0.2, -0.15) is 0 Å². The number of ketones is 1. The van der Waals surface area contributed by atoms with Crippen molar-refractivity contribution < 1.29 is 9.53 Å². The fourth-order valence-electron chi connectivity index (χ4n) is 1.71. The molecule has 0 aliphatic heterocycles. The van der Waals surface area contributed by atoms with E-state index in [1.54, 1.807) is 0 Å². The topological polar surface area (TPSA) is 26.3 Å². The summed E-state index contributed by atoms with van der Waals surface area (Å²) in [7, 11) is 0. The Labute approximate surface area is 90.3 Å². The molecule has 1 aliphatic rings. The normalized spacial score (nSPS) is 15.8. The fraction of sp³-hybridized carbons (Fsp3) is 0.462. The average Bonchev–Trinajstić information content (AvgIpc) is 2.12. The minimum Gasteiger partial charge on any atom is -0.486 e. The maximum absolute atomic E-state index is 11.6. The molecule has 0 atom stereocenters. The van der Waals surface area contributed by atoms with Crippen LogP contribution in [0.25, 0.3) is 0 Å². The number of carbonyl (C=O) groups excluding carboxylic acids is 1. The predicted octanol–water partition coefficient (Wildman–Crippen LogP) is 2.74. The lowest BCUT2D eigenvalue weighted by molar-refractivity contribution is -0.127. The Morgan fingerprint density at radius 3 is 2.87 bits per heavy atom. The molecule has 1 fully saturated rings. The highest BCUT2D eigenvalue weighted by Crippen LogP contribution is 2.27. The largest absolute Gasteiger partial charge is 0.486 e. The molecule has 2 rings (SSSR count). The molecule has 1 aromatic rings. The summed E-state index contributed by atoms with van der Waals surface area (Å²) in [6, 6.07) is 7.80. The van der Waals surface area contributed by atoms with Crippen molar-refractivity contribution in [2.75, 3.05) is 6.61 Å². The van der Waals surface area contributed by atoms with Crippen LogP contribution in [0.15, 0.2) is 24.3 Å². The number of ether oxygens (including phenoxy) is 1. The first-order chi connectivity index (χ1) is 7.25. The second-order valence-electron chi connectivity index (χ2n) is 4.20. The van der Waals surface area contributed by atoms with E-state index < -0.39 is 0 Å². The number of aryl methyl sites for hydroxylation is 1. The molecule has 80 valence electrons. The van der Waals surface area contributed by atoms with E-state index in [0.29, 0.717) is 0 Å². The van der Waals surface area contributed by atoms with Gasteiger partial charge < -0.3 is 4.74 Å². The van der Waals surface area contributed by atoms with Crippen LogP contribution in [-0.4, -0.2) is 12.4 Å². The van der Waals surface area contributed by atoms with Crippen molar-refractivity contribution in [3.8, 4) is 5.75 Å². The van der Waals surface area contributed by atoms with Gasteiger partial charge in [0.1, 0.15) is 12.4 Å². The smallest absolute Gasteiger partial charge is 0.173 e. The van der Waals surface area contributed by atoms with Gasteiger partial charge in [-0.1, -0.05) is 18.6 Å². The number of hydrogen-bond donors (Lipinski definition) is 0.